The van der Waals surface area contributed by atoms with Crippen LogP contribution in [0.2, 0.25) is 0 Å². The van der Waals surface area contributed by atoms with Crippen LogP contribution in [0.15, 0.2) is 47.4 Å². The fraction of sp³-hybridized carbons (Fsp3) is 0.435. The first-order valence-electron chi connectivity index (χ1n) is 10.5. The van der Waals surface area contributed by atoms with Gasteiger partial charge in [0.2, 0.25) is 10.0 Å². The highest BCUT2D eigenvalue weighted by molar-refractivity contribution is 7.89. The van der Waals surface area contributed by atoms with E-state index >= 15 is 0 Å². The number of amides is 1. The number of nitrogens with zero attached hydrogens (tertiary/aromatic N) is 1. The Balaban J connectivity index is 1.70. The largest absolute Gasteiger partial charge is 0.495 e. The SMILES string of the molecule is COc1ccc(C(=O)N(C)CCOc2ccccc2C)cc1S(=O)(=O)NC1CCCC1. The molecule has 0 aliphatic heterocycles. The van der Waals surface area contributed by atoms with Gasteiger partial charge < -0.3 is 14.4 Å². The molecule has 0 saturated heterocycles. The number of ether oxygens (including phenoxy) is 2. The van der Waals surface area contributed by atoms with E-state index in [-0.39, 0.29) is 28.2 Å². The number of para-hydroxylation sites is 1. The van der Waals surface area contributed by atoms with Crippen molar-refractivity contribution < 1.29 is 22.7 Å². The lowest BCUT2D eigenvalue weighted by Crippen LogP contribution is -2.33. The Morgan fingerprint density at radius 2 is 1.84 bits per heavy atom. The summed E-state index contributed by atoms with van der Waals surface area (Å²) in [6.07, 6.45) is 3.67. The average molecular weight is 447 g/mol. The maximum absolute atomic E-state index is 12.9. The van der Waals surface area contributed by atoms with E-state index in [1.807, 2.05) is 31.2 Å². The van der Waals surface area contributed by atoms with Crippen LogP contribution in [0, 0.1) is 6.92 Å². The second kappa shape index (κ2) is 10.2. The number of carbonyl (C=O) groups excluding carboxylic acids is 1. The molecule has 0 heterocycles. The summed E-state index contributed by atoms with van der Waals surface area (Å²) in [4.78, 5) is 14.4. The molecule has 1 amide bonds. The molecule has 8 heteroatoms. The van der Waals surface area contributed by atoms with Crippen molar-refractivity contribution in [3.8, 4) is 11.5 Å². The van der Waals surface area contributed by atoms with Gasteiger partial charge in [0.1, 0.15) is 23.0 Å². The van der Waals surface area contributed by atoms with Gasteiger partial charge in [-0.25, -0.2) is 13.1 Å². The Hall–Kier alpha value is -2.58. The summed E-state index contributed by atoms with van der Waals surface area (Å²) in [6, 6.07) is 12.1. The van der Waals surface area contributed by atoms with Gasteiger partial charge in [0, 0.05) is 18.7 Å². The summed E-state index contributed by atoms with van der Waals surface area (Å²) in [7, 11) is -0.714. The molecule has 0 aromatic heterocycles. The third kappa shape index (κ3) is 5.77. The van der Waals surface area contributed by atoms with Crippen LogP contribution < -0.4 is 14.2 Å². The summed E-state index contributed by atoms with van der Waals surface area (Å²) >= 11 is 0. The molecule has 0 unspecified atom stereocenters. The third-order valence-electron chi connectivity index (χ3n) is 5.50. The minimum absolute atomic E-state index is 0.0164. The maximum atomic E-state index is 12.9. The van der Waals surface area contributed by atoms with E-state index in [0.29, 0.717) is 13.2 Å². The standard InChI is InChI=1S/C23H30N2O5S/c1-17-8-4-7-11-20(17)30-15-14-25(2)23(26)18-12-13-21(29-3)22(16-18)31(27,28)24-19-9-5-6-10-19/h4,7-8,11-13,16,19,24H,5-6,9-10,14-15H2,1-3H3. The van der Waals surface area contributed by atoms with E-state index in [1.165, 1.54) is 24.1 Å². The van der Waals surface area contributed by atoms with Crippen molar-refractivity contribution in [2.24, 2.45) is 0 Å². The van der Waals surface area contributed by atoms with Gasteiger partial charge >= 0.3 is 0 Å². The molecule has 31 heavy (non-hydrogen) atoms. The van der Waals surface area contributed by atoms with Gasteiger partial charge in [-0.15, -0.1) is 0 Å². The Kier molecular flexibility index (Phi) is 7.56. The molecule has 2 aromatic rings. The minimum Gasteiger partial charge on any atom is -0.495 e. The van der Waals surface area contributed by atoms with Crippen molar-refractivity contribution in [3.05, 3.63) is 53.6 Å². The molecular weight excluding hydrogens is 416 g/mol. The van der Waals surface area contributed by atoms with Crippen molar-refractivity contribution in [1.29, 1.82) is 0 Å². The van der Waals surface area contributed by atoms with Crippen LogP contribution in [0.4, 0.5) is 0 Å². The fourth-order valence-corrected chi connectivity index (χ4v) is 5.18. The quantitative estimate of drug-likeness (QED) is 0.638. The fourth-order valence-electron chi connectivity index (χ4n) is 3.68. The Morgan fingerprint density at radius 1 is 1.13 bits per heavy atom. The number of carbonyl (C=O) groups is 1. The van der Waals surface area contributed by atoms with Crippen molar-refractivity contribution in [2.75, 3.05) is 27.3 Å². The molecule has 2 aromatic carbocycles. The number of hydrogen-bond donors (Lipinski definition) is 1. The highest BCUT2D eigenvalue weighted by atomic mass is 32.2. The number of likely N-dealkylation sites (N-methyl/N-ethyl adjacent to an activating group) is 1. The number of aryl methyl sites for hydroxylation is 1. The molecular formula is C23H30N2O5S. The number of sulfonamides is 1. The normalized spacial score (nSPS) is 14.4. The van der Waals surface area contributed by atoms with Crippen molar-refractivity contribution >= 4 is 15.9 Å². The van der Waals surface area contributed by atoms with Crippen molar-refractivity contribution in [1.82, 2.24) is 9.62 Å². The van der Waals surface area contributed by atoms with Crippen LogP contribution in [-0.4, -0.2) is 52.6 Å². The highest BCUT2D eigenvalue weighted by Gasteiger charge is 2.27. The van der Waals surface area contributed by atoms with E-state index in [0.717, 1.165) is 37.0 Å². The summed E-state index contributed by atoms with van der Waals surface area (Å²) in [5, 5.41) is 0. The Bertz CT molecular complexity index is 1020. The number of benzene rings is 2. The molecule has 1 fully saturated rings. The molecule has 1 aliphatic carbocycles. The second-order valence-corrected chi connectivity index (χ2v) is 9.49. The van der Waals surface area contributed by atoms with E-state index in [4.69, 9.17) is 9.47 Å². The molecule has 3 rings (SSSR count). The van der Waals surface area contributed by atoms with Crippen LogP contribution >= 0.6 is 0 Å². The van der Waals surface area contributed by atoms with Gasteiger partial charge in [-0.2, -0.15) is 0 Å². The molecule has 1 N–H and O–H groups in total. The summed E-state index contributed by atoms with van der Waals surface area (Å²) < 4.78 is 39.6. The monoisotopic (exact) mass is 446 g/mol. The van der Waals surface area contributed by atoms with Crippen LogP contribution in [0.25, 0.3) is 0 Å². The molecule has 1 saturated carbocycles. The zero-order valence-electron chi connectivity index (χ0n) is 18.3. The van der Waals surface area contributed by atoms with Gasteiger partial charge in [-0.3, -0.25) is 4.79 Å². The average Bonchev–Trinajstić information content (AvgIpc) is 3.26. The molecule has 1 aliphatic rings. The van der Waals surface area contributed by atoms with E-state index < -0.39 is 10.0 Å². The number of hydrogen-bond acceptors (Lipinski definition) is 5. The third-order valence-corrected chi connectivity index (χ3v) is 7.04. The number of rotatable bonds is 9. The first-order chi connectivity index (χ1) is 14.8. The van der Waals surface area contributed by atoms with Crippen molar-refractivity contribution in [2.45, 2.75) is 43.5 Å². The summed E-state index contributed by atoms with van der Waals surface area (Å²) in [6.45, 7) is 2.66. The highest BCUT2D eigenvalue weighted by Crippen LogP contribution is 2.27. The van der Waals surface area contributed by atoms with Crippen LogP contribution in [0.1, 0.15) is 41.6 Å². The van der Waals surface area contributed by atoms with Gasteiger partial charge in [0.15, 0.2) is 0 Å². The van der Waals surface area contributed by atoms with E-state index in [2.05, 4.69) is 4.72 Å². The Labute approximate surface area is 184 Å². The zero-order valence-corrected chi connectivity index (χ0v) is 19.1. The summed E-state index contributed by atoms with van der Waals surface area (Å²) in [5.74, 6) is 0.708. The van der Waals surface area contributed by atoms with Crippen LogP contribution in [0.3, 0.4) is 0 Å². The topological polar surface area (TPSA) is 84.9 Å². The lowest BCUT2D eigenvalue weighted by molar-refractivity contribution is 0.0773. The second-order valence-electron chi connectivity index (χ2n) is 7.81. The molecule has 0 atom stereocenters. The van der Waals surface area contributed by atoms with Gasteiger partial charge in [0.25, 0.3) is 5.91 Å². The zero-order chi connectivity index (χ0) is 22.4. The molecule has 0 bridgehead atoms. The lowest BCUT2D eigenvalue weighted by atomic mass is 10.2. The lowest BCUT2D eigenvalue weighted by Gasteiger charge is -2.19. The van der Waals surface area contributed by atoms with Crippen molar-refractivity contribution in [3.63, 3.8) is 0 Å². The molecule has 0 spiro atoms. The van der Waals surface area contributed by atoms with Crippen LogP contribution in [0.5, 0.6) is 11.5 Å². The maximum Gasteiger partial charge on any atom is 0.253 e. The first kappa shape index (κ1) is 23.1. The van der Waals surface area contributed by atoms with Crippen LogP contribution in [-0.2, 0) is 10.0 Å². The first-order valence-corrected chi connectivity index (χ1v) is 11.9. The molecule has 0 radical (unpaired) electrons. The minimum atomic E-state index is -3.80. The molecule has 7 nitrogen and oxygen atoms in total. The predicted molar refractivity (Wildman–Crippen MR) is 119 cm³/mol. The predicted octanol–water partition coefficient (Wildman–Crippen LogP) is 3.38. The number of nitrogens with one attached hydrogen (secondary N) is 1. The van der Waals surface area contributed by atoms with Gasteiger partial charge in [-0.1, -0.05) is 31.0 Å². The van der Waals surface area contributed by atoms with Gasteiger partial charge in [-0.05, 0) is 49.6 Å². The number of methoxy groups -OCH3 is 1. The summed E-state index contributed by atoms with van der Waals surface area (Å²) in [5.41, 5.74) is 1.31. The molecule has 168 valence electrons. The van der Waals surface area contributed by atoms with Gasteiger partial charge in [0.05, 0.1) is 13.7 Å². The van der Waals surface area contributed by atoms with E-state index in [9.17, 15) is 13.2 Å². The Morgan fingerprint density at radius 3 is 2.52 bits per heavy atom. The van der Waals surface area contributed by atoms with E-state index in [1.54, 1.807) is 13.1 Å². The smallest absolute Gasteiger partial charge is 0.253 e.